The van der Waals surface area contributed by atoms with Gasteiger partial charge >= 0.3 is 0 Å². The van der Waals surface area contributed by atoms with Crippen molar-refractivity contribution in [1.29, 1.82) is 0 Å². The van der Waals surface area contributed by atoms with Crippen LogP contribution in [-0.4, -0.2) is 8.83 Å². The van der Waals surface area contributed by atoms with Gasteiger partial charge in [0.05, 0.1) is 0 Å². The summed E-state index contributed by atoms with van der Waals surface area (Å²) in [5, 5.41) is 0. The molecule has 0 rings (SSSR count). The molecule has 0 aromatic carbocycles. The summed E-state index contributed by atoms with van der Waals surface area (Å²) in [5.41, 5.74) is 0.599. The molecule has 0 unspecified atom stereocenters. The Labute approximate surface area is 78.2 Å². The first kappa shape index (κ1) is 11.5. The van der Waals surface area contributed by atoms with Crippen molar-refractivity contribution in [3.05, 3.63) is 0 Å². The third kappa shape index (κ3) is 3.61. The largest absolute Gasteiger partial charge is 0.171 e. The van der Waals surface area contributed by atoms with Gasteiger partial charge in [0, 0.05) is 0 Å². The summed E-state index contributed by atoms with van der Waals surface area (Å²) in [6.07, 6.45) is 5.24. The molecule has 0 aromatic heterocycles. The van der Waals surface area contributed by atoms with Crippen molar-refractivity contribution in [2.24, 2.45) is 5.41 Å². The Hall–Kier alpha value is 0.507. The second-order valence-corrected chi connectivity index (χ2v) is 4.76. The van der Waals surface area contributed by atoms with Crippen LogP contribution in [0.25, 0.3) is 0 Å². The van der Waals surface area contributed by atoms with E-state index in [2.05, 4.69) is 20.8 Å². The van der Waals surface area contributed by atoms with Crippen molar-refractivity contribution in [1.82, 2.24) is 0 Å². The maximum absolute atomic E-state index is 5.71. The molecule has 0 spiro atoms. The third-order valence-electron chi connectivity index (χ3n) is 3.00. The highest BCUT2D eigenvalue weighted by Crippen LogP contribution is 2.35. The molecule has 0 aliphatic carbocycles. The van der Waals surface area contributed by atoms with Crippen molar-refractivity contribution in [2.75, 3.05) is 0 Å². The minimum absolute atomic E-state index is 0.599. The van der Waals surface area contributed by atoms with E-state index in [1.54, 1.807) is 0 Å². The topological polar surface area (TPSA) is 0 Å². The highest BCUT2D eigenvalue weighted by molar-refractivity contribution is 6.93. The third-order valence-corrected chi connectivity index (χ3v) is 4.01. The average molecular weight is 191 g/mol. The normalized spacial score (nSPS) is 12.0. The first-order valence-electron chi connectivity index (χ1n) is 4.58. The quantitative estimate of drug-likeness (QED) is 0.441. The van der Waals surface area contributed by atoms with Crippen LogP contribution in [0, 0.1) is 5.41 Å². The summed E-state index contributed by atoms with van der Waals surface area (Å²) in [4.78, 5) is 0. The molecule has 0 aliphatic heterocycles. The molecular weight excluding hydrogens is 172 g/mol. The van der Waals surface area contributed by atoms with E-state index in [0.717, 1.165) is 0 Å². The molecule has 0 aliphatic rings. The fourth-order valence-electron chi connectivity index (χ4n) is 1.59. The molecule has 0 saturated carbocycles. The maximum Gasteiger partial charge on any atom is 0.171 e. The molecule has 0 aromatic rings. The van der Waals surface area contributed by atoms with Gasteiger partial charge in [0.2, 0.25) is 0 Å². The zero-order valence-corrected chi connectivity index (χ0v) is 9.67. The Kier molecular flexibility index (Phi) is 6.35. The zero-order chi connectivity index (χ0) is 8.74. The Balaban J connectivity index is 3.84. The first-order valence-corrected chi connectivity index (χ1v) is 6.80. The predicted molar refractivity (Wildman–Crippen MR) is 54.3 cm³/mol. The van der Waals surface area contributed by atoms with E-state index in [1.807, 2.05) is 0 Å². The molecule has 0 fully saturated rings. The van der Waals surface area contributed by atoms with E-state index in [4.69, 9.17) is 11.1 Å². The Morgan fingerprint density at radius 1 is 1.09 bits per heavy atom. The first-order chi connectivity index (χ1) is 5.24. The van der Waals surface area contributed by atoms with Gasteiger partial charge < -0.3 is 0 Å². The van der Waals surface area contributed by atoms with Crippen molar-refractivity contribution in [3.63, 3.8) is 0 Å². The van der Waals surface area contributed by atoms with Gasteiger partial charge in [-0.05, 0) is 17.9 Å². The molecular formula is C9H19ClSi. The summed E-state index contributed by atoms with van der Waals surface area (Å²) >= 11 is 5.71. The van der Waals surface area contributed by atoms with Crippen LogP contribution in [0.15, 0.2) is 0 Å². The number of hydrogen-bond donors (Lipinski definition) is 0. The second-order valence-electron chi connectivity index (χ2n) is 3.19. The Morgan fingerprint density at radius 3 is 1.82 bits per heavy atom. The van der Waals surface area contributed by atoms with Crippen LogP contribution < -0.4 is 0 Å². The van der Waals surface area contributed by atoms with E-state index >= 15 is 0 Å². The van der Waals surface area contributed by atoms with E-state index in [1.165, 1.54) is 31.7 Å². The highest BCUT2D eigenvalue weighted by Gasteiger charge is 2.22. The van der Waals surface area contributed by atoms with Crippen LogP contribution in [0.5, 0.6) is 0 Å². The fourth-order valence-corrected chi connectivity index (χ4v) is 2.50. The average Bonchev–Trinajstić information content (AvgIpc) is 2.08. The minimum atomic E-state index is 0.599. The van der Waals surface area contributed by atoms with Crippen LogP contribution in [0.1, 0.15) is 46.5 Å². The highest BCUT2D eigenvalue weighted by atomic mass is 35.6. The number of halogens is 1. The smallest absolute Gasteiger partial charge is 0.171 e. The molecule has 11 heavy (non-hydrogen) atoms. The minimum Gasteiger partial charge on any atom is -0.171 e. The van der Waals surface area contributed by atoms with Crippen molar-refractivity contribution in [3.8, 4) is 0 Å². The van der Waals surface area contributed by atoms with E-state index in [9.17, 15) is 0 Å². The summed E-state index contributed by atoms with van der Waals surface area (Å²) in [7, 11) is 0.613. The Bertz CT molecular complexity index is 81.3. The van der Waals surface area contributed by atoms with Gasteiger partial charge in [-0.25, -0.2) is 0 Å². The van der Waals surface area contributed by atoms with E-state index in [0.29, 0.717) is 14.2 Å². The summed E-state index contributed by atoms with van der Waals surface area (Å²) < 4.78 is 0. The van der Waals surface area contributed by atoms with Crippen LogP contribution >= 0.6 is 11.1 Å². The van der Waals surface area contributed by atoms with E-state index in [-0.39, 0.29) is 0 Å². The van der Waals surface area contributed by atoms with Crippen LogP contribution in [-0.2, 0) is 0 Å². The van der Waals surface area contributed by atoms with Crippen LogP contribution in [0.4, 0.5) is 0 Å². The van der Waals surface area contributed by atoms with Crippen molar-refractivity contribution >= 4 is 19.9 Å². The molecule has 2 heteroatoms. The number of rotatable bonds is 6. The lowest BCUT2D eigenvalue weighted by Crippen LogP contribution is -2.17. The van der Waals surface area contributed by atoms with Gasteiger partial charge in [0.15, 0.2) is 8.83 Å². The van der Waals surface area contributed by atoms with Gasteiger partial charge in [0.1, 0.15) is 0 Å². The summed E-state index contributed by atoms with van der Waals surface area (Å²) in [6.45, 7) is 6.89. The zero-order valence-electron chi connectivity index (χ0n) is 7.91. The lowest BCUT2D eigenvalue weighted by atomic mass is 9.77. The van der Waals surface area contributed by atoms with Crippen LogP contribution in [0.2, 0.25) is 6.04 Å². The summed E-state index contributed by atoms with van der Waals surface area (Å²) in [5.74, 6) is 0. The molecule has 0 nitrogen and oxygen atoms in total. The molecule has 0 heterocycles. The molecule has 2 radical (unpaired) electrons. The molecule has 0 N–H and O–H groups in total. The molecule has 0 bridgehead atoms. The van der Waals surface area contributed by atoms with Crippen molar-refractivity contribution < 1.29 is 0 Å². The van der Waals surface area contributed by atoms with Crippen molar-refractivity contribution in [2.45, 2.75) is 52.5 Å². The number of hydrogen-bond acceptors (Lipinski definition) is 0. The lowest BCUT2D eigenvalue weighted by molar-refractivity contribution is 0.240. The molecule has 0 atom stereocenters. The van der Waals surface area contributed by atoms with Gasteiger partial charge in [0.25, 0.3) is 0 Å². The lowest BCUT2D eigenvalue weighted by Gasteiger charge is -2.30. The standard InChI is InChI=1S/C9H19ClSi/c1-4-9(5-2,6-3)7-8-11-10/h4-8H2,1-3H3. The molecule has 0 amide bonds. The van der Waals surface area contributed by atoms with Gasteiger partial charge in [-0.1, -0.05) is 40.0 Å². The predicted octanol–water partition coefficient (Wildman–Crippen LogP) is 3.87. The van der Waals surface area contributed by atoms with Gasteiger partial charge in [-0.3, -0.25) is 0 Å². The SMILES string of the molecule is CCC(CC)(CC)CC[Si]Cl. The molecule has 66 valence electrons. The second kappa shape index (κ2) is 6.07. The van der Waals surface area contributed by atoms with Gasteiger partial charge in [-0.2, -0.15) is 11.1 Å². The van der Waals surface area contributed by atoms with E-state index < -0.39 is 0 Å². The summed E-state index contributed by atoms with van der Waals surface area (Å²) in [6, 6.07) is 1.21. The molecule has 0 saturated heterocycles. The van der Waals surface area contributed by atoms with Crippen LogP contribution in [0.3, 0.4) is 0 Å². The Morgan fingerprint density at radius 2 is 1.55 bits per heavy atom. The monoisotopic (exact) mass is 190 g/mol. The van der Waals surface area contributed by atoms with Gasteiger partial charge in [-0.15, -0.1) is 0 Å². The fraction of sp³-hybridized carbons (Fsp3) is 1.00. The maximum atomic E-state index is 5.71.